The average Bonchev–Trinajstić information content (AvgIpc) is 2.19. The molecule has 3 unspecified atom stereocenters. The Kier molecular flexibility index (Phi) is 3.99. The number of ketones is 1. The van der Waals surface area contributed by atoms with Gasteiger partial charge in [0.15, 0.2) is 5.78 Å². The van der Waals surface area contributed by atoms with Crippen molar-refractivity contribution in [3.05, 3.63) is 12.2 Å². The molecule has 0 saturated carbocycles. The first-order valence-electron chi connectivity index (χ1n) is 4.65. The molecular formula is C10H15NO4. The van der Waals surface area contributed by atoms with E-state index in [4.69, 9.17) is 9.47 Å². The highest BCUT2D eigenvalue weighted by Gasteiger charge is 2.36. The minimum absolute atomic E-state index is 0.147. The number of nitrogens with one attached hydrogen (secondary N) is 1. The van der Waals surface area contributed by atoms with Crippen LogP contribution in [-0.4, -0.2) is 44.2 Å². The number of carbonyl (C=O) groups excluding carboxylic acids is 2. The largest absolute Gasteiger partial charge is 0.376 e. The first-order valence-corrected chi connectivity index (χ1v) is 4.65. The molecular weight excluding hydrogens is 198 g/mol. The second-order valence-electron chi connectivity index (χ2n) is 3.34. The molecule has 1 amide bonds. The van der Waals surface area contributed by atoms with Crippen molar-refractivity contribution in [2.24, 2.45) is 0 Å². The van der Waals surface area contributed by atoms with Gasteiger partial charge in [-0.3, -0.25) is 9.59 Å². The topological polar surface area (TPSA) is 64.6 Å². The van der Waals surface area contributed by atoms with Crippen LogP contribution in [0.15, 0.2) is 12.2 Å². The molecule has 15 heavy (non-hydrogen) atoms. The van der Waals surface area contributed by atoms with Gasteiger partial charge in [-0.05, 0) is 6.08 Å². The van der Waals surface area contributed by atoms with Crippen LogP contribution in [0, 0.1) is 0 Å². The predicted octanol–water partition coefficient (Wildman–Crippen LogP) is -0.340. The third-order valence-corrected chi connectivity index (χ3v) is 2.30. The molecule has 0 aromatic carbocycles. The SMILES string of the molecule is COC1C(=O)C=CC(NC(C)=O)C1OC. The molecule has 0 heterocycles. The van der Waals surface area contributed by atoms with E-state index in [1.807, 2.05) is 0 Å². The molecule has 1 N–H and O–H groups in total. The molecule has 0 saturated heterocycles. The predicted molar refractivity (Wildman–Crippen MR) is 53.3 cm³/mol. The molecule has 3 atom stereocenters. The molecule has 0 aromatic rings. The Labute approximate surface area is 88.4 Å². The summed E-state index contributed by atoms with van der Waals surface area (Å²) in [5.74, 6) is -0.318. The summed E-state index contributed by atoms with van der Waals surface area (Å²) < 4.78 is 10.2. The van der Waals surface area contributed by atoms with Crippen LogP contribution in [0.5, 0.6) is 0 Å². The minimum Gasteiger partial charge on any atom is -0.376 e. The summed E-state index contributed by atoms with van der Waals surface area (Å²) in [5.41, 5.74) is 0. The quantitative estimate of drug-likeness (QED) is 0.696. The maximum absolute atomic E-state index is 11.4. The molecule has 0 fully saturated rings. The fourth-order valence-electron chi connectivity index (χ4n) is 1.64. The van der Waals surface area contributed by atoms with E-state index < -0.39 is 12.2 Å². The van der Waals surface area contributed by atoms with E-state index in [-0.39, 0.29) is 17.7 Å². The highest BCUT2D eigenvalue weighted by atomic mass is 16.5. The molecule has 1 aliphatic rings. The zero-order valence-electron chi connectivity index (χ0n) is 9.02. The molecule has 0 spiro atoms. The molecule has 5 nitrogen and oxygen atoms in total. The van der Waals surface area contributed by atoms with Gasteiger partial charge in [0.05, 0.1) is 6.04 Å². The number of amides is 1. The lowest BCUT2D eigenvalue weighted by molar-refractivity contribution is -0.136. The average molecular weight is 213 g/mol. The maximum atomic E-state index is 11.4. The van der Waals surface area contributed by atoms with Crippen LogP contribution in [-0.2, 0) is 19.1 Å². The second kappa shape index (κ2) is 5.04. The number of ether oxygens (including phenoxy) is 2. The molecule has 84 valence electrons. The van der Waals surface area contributed by atoms with Gasteiger partial charge >= 0.3 is 0 Å². The van der Waals surface area contributed by atoms with Gasteiger partial charge in [0.25, 0.3) is 0 Å². The van der Waals surface area contributed by atoms with Crippen LogP contribution < -0.4 is 5.32 Å². The van der Waals surface area contributed by atoms with Gasteiger partial charge in [-0.15, -0.1) is 0 Å². The van der Waals surface area contributed by atoms with Crippen LogP contribution in [0.1, 0.15) is 6.92 Å². The van der Waals surface area contributed by atoms with E-state index >= 15 is 0 Å². The molecule has 1 aliphatic carbocycles. The van der Waals surface area contributed by atoms with E-state index in [2.05, 4.69) is 5.32 Å². The van der Waals surface area contributed by atoms with Crippen LogP contribution in [0.2, 0.25) is 0 Å². The van der Waals surface area contributed by atoms with E-state index in [0.29, 0.717) is 0 Å². The van der Waals surface area contributed by atoms with Gasteiger partial charge in [0, 0.05) is 21.1 Å². The van der Waals surface area contributed by atoms with Gasteiger partial charge < -0.3 is 14.8 Å². The van der Waals surface area contributed by atoms with Crippen molar-refractivity contribution in [1.29, 1.82) is 0 Å². The van der Waals surface area contributed by atoms with Gasteiger partial charge in [-0.25, -0.2) is 0 Å². The van der Waals surface area contributed by atoms with Crippen LogP contribution in [0.25, 0.3) is 0 Å². The van der Waals surface area contributed by atoms with E-state index in [1.165, 1.54) is 27.2 Å². The number of carbonyl (C=O) groups is 2. The second-order valence-corrected chi connectivity index (χ2v) is 3.34. The Morgan fingerprint density at radius 2 is 2.07 bits per heavy atom. The van der Waals surface area contributed by atoms with Gasteiger partial charge in [-0.1, -0.05) is 6.08 Å². The Morgan fingerprint density at radius 3 is 2.53 bits per heavy atom. The molecule has 0 bridgehead atoms. The van der Waals surface area contributed by atoms with Crippen molar-refractivity contribution in [3.8, 4) is 0 Å². The lowest BCUT2D eigenvalue weighted by atomic mass is 9.95. The Balaban J connectivity index is 2.83. The summed E-state index contributed by atoms with van der Waals surface area (Å²) in [6.07, 6.45) is 1.89. The zero-order valence-corrected chi connectivity index (χ0v) is 9.02. The molecule has 0 radical (unpaired) electrons. The fraction of sp³-hybridized carbons (Fsp3) is 0.600. The maximum Gasteiger partial charge on any atom is 0.217 e. The van der Waals surface area contributed by atoms with Crippen LogP contribution >= 0.6 is 0 Å². The normalized spacial score (nSPS) is 30.3. The highest BCUT2D eigenvalue weighted by Crippen LogP contribution is 2.15. The summed E-state index contributed by atoms with van der Waals surface area (Å²) in [6, 6.07) is -0.324. The number of methoxy groups -OCH3 is 2. The van der Waals surface area contributed by atoms with Crippen molar-refractivity contribution in [2.45, 2.75) is 25.2 Å². The Morgan fingerprint density at radius 1 is 1.40 bits per heavy atom. The minimum atomic E-state index is -0.656. The van der Waals surface area contributed by atoms with Crippen molar-refractivity contribution in [2.75, 3.05) is 14.2 Å². The Hall–Kier alpha value is -1.20. The summed E-state index contributed by atoms with van der Waals surface area (Å²) in [7, 11) is 2.93. The molecule has 1 rings (SSSR count). The van der Waals surface area contributed by atoms with E-state index in [9.17, 15) is 9.59 Å². The smallest absolute Gasteiger partial charge is 0.217 e. The number of hydrogen-bond acceptors (Lipinski definition) is 4. The lowest BCUT2D eigenvalue weighted by Gasteiger charge is -2.31. The van der Waals surface area contributed by atoms with Crippen LogP contribution in [0.4, 0.5) is 0 Å². The number of rotatable bonds is 3. The van der Waals surface area contributed by atoms with Crippen molar-refractivity contribution in [1.82, 2.24) is 5.32 Å². The summed E-state index contributed by atoms with van der Waals surface area (Å²) >= 11 is 0. The lowest BCUT2D eigenvalue weighted by Crippen LogP contribution is -2.53. The summed E-state index contributed by atoms with van der Waals surface area (Å²) in [6.45, 7) is 1.42. The fourth-order valence-corrected chi connectivity index (χ4v) is 1.64. The molecule has 5 heteroatoms. The van der Waals surface area contributed by atoms with E-state index in [1.54, 1.807) is 6.08 Å². The van der Waals surface area contributed by atoms with E-state index in [0.717, 1.165) is 0 Å². The monoisotopic (exact) mass is 213 g/mol. The van der Waals surface area contributed by atoms with Gasteiger partial charge in [-0.2, -0.15) is 0 Å². The third kappa shape index (κ3) is 2.64. The van der Waals surface area contributed by atoms with Gasteiger partial charge in [0.2, 0.25) is 5.91 Å². The summed E-state index contributed by atoms with van der Waals surface area (Å²) in [4.78, 5) is 22.3. The zero-order chi connectivity index (χ0) is 11.4. The first kappa shape index (κ1) is 11.9. The van der Waals surface area contributed by atoms with Gasteiger partial charge in [0.1, 0.15) is 12.2 Å². The van der Waals surface area contributed by atoms with Crippen LogP contribution in [0.3, 0.4) is 0 Å². The standard InChI is InChI=1S/C10H15NO4/c1-6(12)11-7-4-5-8(13)10(15-3)9(7)14-2/h4-5,7,9-10H,1-3H3,(H,11,12). The first-order chi connectivity index (χ1) is 7.10. The highest BCUT2D eigenvalue weighted by molar-refractivity contribution is 5.95. The molecule has 0 aliphatic heterocycles. The Bertz CT molecular complexity index is 287. The van der Waals surface area contributed by atoms with Crippen molar-refractivity contribution >= 4 is 11.7 Å². The third-order valence-electron chi connectivity index (χ3n) is 2.30. The molecule has 0 aromatic heterocycles. The van der Waals surface area contributed by atoms with Crippen molar-refractivity contribution < 1.29 is 19.1 Å². The summed E-state index contributed by atoms with van der Waals surface area (Å²) in [5, 5.41) is 2.68. The van der Waals surface area contributed by atoms with Crippen molar-refractivity contribution in [3.63, 3.8) is 0 Å². The number of hydrogen-bond donors (Lipinski definition) is 1.